The van der Waals surface area contributed by atoms with Crippen molar-refractivity contribution in [2.75, 3.05) is 0 Å². The number of pyridine rings is 1. The van der Waals surface area contributed by atoms with E-state index in [1.165, 1.54) is 0 Å². The number of alkyl halides is 24. The predicted octanol–water partition coefficient (Wildman–Crippen LogP) is 15.0. The molecule has 0 aliphatic carbocycles. The second kappa shape index (κ2) is 21.3. The number of ketones is 1. The van der Waals surface area contributed by atoms with Crippen LogP contribution in [0.25, 0.3) is 10.9 Å². The van der Waals surface area contributed by atoms with Crippen molar-refractivity contribution in [2.24, 2.45) is 0 Å². The van der Waals surface area contributed by atoms with Crippen molar-refractivity contribution < 1.29 is 115 Å². The third kappa shape index (κ3) is 13.7. The van der Waals surface area contributed by atoms with E-state index < -0.39 is 195 Å². The summed E-state index contributed by atoms with van der Waals surface area (Å²) < 4.78 is 343. The predicted molar refractivity (Wildman–Crippen MR) is 239 cm³/mol. The molecule has 0 saturated carbocycles. The number of fused-ring (bicyclic) bond motifs is 1. The summed E-state index contributed by atoms with van der Waals surface area (Å²) >= 11 is 0. The molecule has 6 aromatic carbocycles. The SMILES string of the molecule is C=CCc1ccc2ccccc2[n+]1CC(=O)c1ccccc1.FC(F)(F)c1cc([B-](c2cc(C(F)(F)F)cc(C(F)(F)F)c2)(c2cc(C(F)(F)F)cc(C(F)(F)F)c2)c2cc(C(F)(F)F)cc(C(F)(F)F)c2)cc(C(F)(F)F)c1. The lowest BCUT2D eigenvalue weighted by molar-refractivity contribution is -0.664. The van der Waals surface area contributed by atoms with Gasteiger partial charge < -0.3 is 0 Å². The van der Waals surface area contributed by atoms with Crippen molar-refractivity contribution in [3.05, 3.63) is 208 Å². The number of halogens is 24. The van der Waals surface area contributed by atoms with Crippen molar-refractivity contribution in [3.8, 4) is 0 Å². The average Bonchev–Trinajstić information content (AvgIpc) is 3.39. The van der Waals surface area contributed by atoms with Crippen LogP contribution in [0.1, 0.15) is 60.6 Å². The molecule has 420 valence electrons. The Morgan fingerprint density at radius 2 is 0.658 bits per heavy atom. The zero-order chi connectivity index (χ0) is 59.3. The van der Waals surface area contributed by atoms with E-state index in [-0.39, 0.29) is 5.78 Å². The monoisotopic (exact) mass is 1150 g/mol. The van der Waals surface area contributed by atoms with E-state index in [2.05, 4.69) is 35.4 Å². The number of rotatable bonds is 9. The molecule has 27 heteroatoms. The van der Waals surface area contributed by atoms with Crippen LogP contribution in [0, 0.1) is 0 Å². The highest BCUT2D eigenvalue weighted by molar-refractivity contribution is 7.20. The summed E-state index contributed by atoms with van der Waals surface area (Å²) in [6.45, 7) is 4.16. The van der Waals surface area contributed by atoms with Crippen LogP contribution in [-0.2, 0) is 62.4 Å². The Morgan fingerprint density at radius 3 is 0.937 bits per heavy atom. The molecule has 0 unspecified atom stereocenters. The van der Waals surface area contributed by atoms with Gasteiger partial charge in [-0.3, -0.25) is 4.79 Å². The molecular weight excluding hydrogens is 1120 g/mol. The number of para-hydroxylation sites is 1. The maximum atomic E-state index is 14.2. The normalized spacial score (nSPS) is 13.3. The van der Waals surface area contributed by atoms with Crippen molar-refractivity contribution >= 4 is 44.7 Å². The molecule has 2 nitrogen and oxygen atoms in total. The number of carbonyl (C=O) groups excluding carboxylic acids is 1. The molecule has 0 N–H and O–H groups in total. The van der Waals surface area contributed by atoms with Crippen molar-refractivity contribution in [3.63, 3.8) is 0 Å². The zero-order valence-electron chi connectivity index (χ0n) is 39.0. The molecule has 1 heterocycles. The summed E-state index contributed by atoms with van der Waals surface area (Å²) in [5, 5.41) is 1.14. The van der Waals surface area contributed by atoms with Gasteiger partial charge in [-0.25, -0.2) is 0 Å². The summed E-state index contributed by atoms with van der Waals surface area (Å²) in [5.41, 5.74) is -27.3. The van der Waals surface area contributed by atoms with Gasteiger partial charge in [-0.2, -0.15) is 132 Å². The van der Waals surface area contributed by atoms with Crippen LogP contribution in [0.4, 0.5) is 105 Å². The molecular formula is C52H30BF24NO. The minimum atomic E-state index is -6.13. The molecule has 0 fully saturated rings. The maximum Gasteiger partial charge on any atom is 0.416 e. The molecule has 79 heavy (non-hydrogen) atoms. The minimum Gasteiger partial charge on any atom is -0.287 e. The van der Waals surface area contributed by atoms with Gasteiger partial charge in [0.1, 0.15) is 6.15 Å². The van der Waals surface area contributed by atoms with Gasteiger partial charge in [-0.05, 0) is 36.4 Å². The van der Waals surface area contributed by atoms with Crippen molar-refractivity contribution in [1.82, 2.24) is 0 Å². The first kappa shape index (κ1) is 60.7. The number of benzene rings is 6. The maximum absolute atomic E-state index is 14.2. The largest absolute Gasteiger partial charge is 0.416 e. The van der Waals surface area contributed by atoms with Crippen LogP contribution in [0.2, 0.25) is 0 Å². The molecule has 0 spiro atoms. The first-order chi connectivity index (χ1) is 36.1. The second-order valence-electron chi connectivity index (χ2n) is 17.5. The second-order valence-corrected chi connectivity index (χ2v) is 17.5. The molecule has 0 radical (unpaired) electrons. The summed E-state index contributed by atoms with van der Waals surface area (Å²) in [7, 11) is 0. The first-order valence-electron chi connectivity index (χ1n) is 22.0. The Labute approximate surface area is 429 Å². The Bertz CT molecular complexity index is 2940. The third-order valence-corrected chi connectivity index (χ3v) is 12.2. The standard InChI is InChI=1S/C32H12BF24.C20H18NO/c34-25(35,36)13-1-14(26(37,38)39)6-21(5-13)33(22-7-15(27(40,41)42)2-16(8-22)28(43,44)45,23-9-17(29(46,47)48)3-18(10-23)30(49,50)51)24-11-19(31(52,53)54)4-20(12-24)32(55,56)57;1-2-8-18-14-13-16-9-6-7-12-19(16)21(18)15-20(22)17-10-4-3-5-11-17/h1-12H;2-7,9-14H,1,8,15H2/q-1;+1. The fraction of sp³-hybridized carbons (Fsp3) is 0.192. The summed E-state index contributed by atoms with van der Waals surface area (Å²) in [5.74, 6) is 0.118. The number of nitrogens with zero attached hydrogens (tertiary/aromatic N) is 1. The van der Waals surface area contributed by atoms with Crippen LogP contribution in [0.5, 0.6) is 0 Å². The van der Waals surface area contributed by atoms with E-state index in [4.69, 9.17) is 0 Å². The van der Waals surface area contributed by atoms with E-state index in [0.717, 1.165) is 28.6 Å². The Balaban J connectivity index is 0.000000378. The van der Waals surface area contributed by atoms with Crippen molar-refractivity contribution in [2.45, 2.75) is 62.4 Å². The lowest BCUT2D eigenvalue weighted by Crippen LogP contribution is -2.75. The summed E-state index contributed by atoms with van der Waals surface area (Å²) in [4.78, 5) is 12.6. The number of allylic oxidation sites excluding steroid dienone is 1. The minimum absolute atomic E-state index is 0.118. The fourth-order valence-electron chi connectivity index (χ4n) is 8.75. The van der Waals surface area contributed by atoms with E-state index in [1.54, 1.807) is 0 Å². The van der Waals surface area contributed by atoms with Gasteiger partial charge in [0.2, 0.25) is 17.8 Å². The lowest BCUT2D eigenvalue weighted by Gasteiger charge is -2.46. The van der Waals surface area contributed by atoms with Gasteiger partial charge >= 0.3 is 49.4 Å². The highest BCUT2D eigenvalue weighted by Crippen LogP contribution is 2.41. The molecule has 0 atom stereocenters. The van der Waals surface area contributed by atoms with E-state index in [9.17, 15) is 110 Å². The summed E-state index contributed by atoms with van der Waals surface area (Å²) in [6.07, 6.45) is -52.2. The van der Waals surface area contributed by atoms with Crippen LogP contribution in [0.3, 0.4) is 0 Å². The Hall–Kier alpha value is -7.48. The molecule has 0 amide bonds. The van der Waals surface area contributed by atoms with Crippen LogP contribution < -0.4 is 26.4 Å². The average molecular weight is 1150 g/mol. The molecule has 0 saturated heterocycles. The highest BCUT2D eigenvalue weighted by atomic mass is 19.4. The van der Waals surface area contributed by atoms with E-state index >= 15 is 0 Å². The Morgan fingerprint density at radius 1 is 0.380 bits per heavy atom. The zero-order valence-corrected chi connectivity index (χ0v) is 39.0. The third-order valence-electron chi connectivity index (χ3n) is 12.2. The number of hydrogen-bond acceptors (Lipinski definition) is 1. The Kier molecular flexibility index (Phi) is 16.4. The van der Waals surface area contributed by atoms with Gasteiger partial charge in [0.15, 0.2) is 5.69 Å². The van der Waals surface area contributed by atoms with Crippen LogP contribution in [0.15, 0.2) is 152 Å². The van der Waals surface area contributed by atoms with Gasteiger partial charge in [-0.15, -0.1) is 6.58 Å². The number of Topliss-reactive ketones (excluding diaryl/α,β-unsaturated/α-hetero) is 1. The topological polar surface area (TPSA) is 20.9 Å². The molecule has 0 bridgehead atoms. The molecule has 7 aromatic rings. The number of hydrogen-bond donors (Lipinski definition) is 0. The van der Waals surface area contributed by atoms with Crippen molar-refractivity contribution in [1.29, 1.82) is 0 Å². The number of aromatic nitrogens is 1. The van der Waals surface area contributed by atoms with Crippen LogP contribution in [-0.4, -0.2) is 11.9 Å². The number of carbonyl (C=O) groups is 1. The first-order valence-corrected chi connectivity index (χ1v) is 22.0. The van der Waals surface area contributed by atoms with E-state index in [0.29, 0.717) is 6.54 Å². The lowest BCUT2D eigenvalue weighted by atomic mass is 9.12. The van der Waals surface area contributed by atoms with E-state index in [1.807, 2.05) is 48.5 Å². The van der Waals surface area contributed by atoms with Gasteiger partial charge in [0, 0.05) is 23.1 Å². The smallest absolute Gasteiger partial charge is 0.287 e. The fourth-order valence-corrected chi connectivity index (χ4v) is 8.75. The summed E-state index contributed by atoms with van der Waals surface area (Å²) in [6, 6.07) is 12.9. The quantitative estimate of drug-likeness (QED) is 0.0464. The van der Waals surface area contributed by atoms with Gasteiger partial charge in [0.05, 0.1) is 50.9 Å². The molecule has 0 aliphatic heterocycles. The van der Waals surface area contributed by atoms with Gasteiger partial charge in [-0.1, -0.05) is 97.1 Å². The van der Waals surface area contributed by atoms with Gasteiger partial charge in [0.25, 0.3) is 0 Å². The highest BCUT2D eigenvalue weighted by Gasteiger charge is 2.47. The molecule has 1 aromatic heterocycles. The molecule has 7 rings (SSSR count). The van der Waals surface area contributed by atoms with Crippen LogP contribution >= 0.6 is 0 Å². The molecule has 0 aliphatic rings.